The molecule has 0 radical (unpaired) electrons. The normalized spacial score (nSPS) is 16.7. The molecule has 2 unspecified atom stereocenters. The number of aliphatic hydroxyl groups is 1. The number of tetrazole rings is 1. The Hall–Kier alpha value is -4.41. The van der Waals surface area contributed by atoms with E-state index in [1.807, 2.05) is 12.1 Å². The summed E-state index contributed by atoms with van der Waals surface area (Å²) in [5, 5.41) is 30.4. The number of benzene rings is 2. The molecule has 38 heavy (non-hydrogen) atoms. The molecule has 0 amide bonds. The van der Waals surface area contributed by atoms with Crippen molar-refractivity contribution in [3.63, 3.8) is 0 Å². The topological polar surface area (TPSA) is 109 Å². The van der Waals surface area contributed by atoms with Crippen molar-refractivity contribution in [3.05, 3.63) is 83.2 Å². The van der Waals surface area contributed by atoms with Gasteiger partial charge in [-0.25, -0.2) is 13.5 Å². The molecule has 0 saturated heterocycles. The van der Waals surface area contributed by atoms with Crippen LogP contribution in [0.25, 0.3) is 0 Å². The predicted octanol–water partition coefficient (Wildman–Crippen LogP) is 3.97. The Morgan fingerprint density at radius 2 is 1.82 bits per heavy atom. The average Bonchev–Trinajstić information content (AvgIpc) is 3.44. The van der Waals surface area contributed by atoms with Gasteiger partial charge in [0.25, 0.3) is 5.92 Å². The number of ether oxygens (including phenoxy) is 1. The number of aromatic nitrogens is 4. The molecular formula is C28H26F2N6O2. The molecule has 0 spiro atoms. The van der Waals surface area contributed by atoms with Crippen LogP contribution in [-0.4, -0.2) is 49.1 Å². The predicted molar refractivity (Wildman–Crippen MR) is 136 cm³/mol. The highest BCUT2D eigenvalue weighted by molar-refractivity contribution is 5.86. The van der Waals surface area contributed by atoms with Crippen LogP contribution >= 0.6 is 0 Å². The molecular weight excluding hydrogens is 490 g/mol. The van der Waals surface area contributed by atoms with Crippen molar-refractivity contribution in [2.75, 3.05) is 0 Å². The lowest BCUT2D eigenvalue weighted by Gasteiger charge is -2.41. The van der Waals surface area contributed by atoms with Crippen molar-refractivity contribution < 1.29 is 18.6 Å². The molecule has 10 heteroatoms. The van der Waals surface area contributed by atoms with Crippen molar-refractivity contribution in [1.82, 2.24) is 20.2 Å². The lowest BCUT2D eigenvalue weighted by molar-refractivity contribution is -0.220. The summed E-state index contributed by atoms with van der Waals surface area (Å²) < 4.78 is 37.8. The number of dihydropyridines is 1. The maximum absolute atomic E-state index is 15.5. The van der Waals surface area contributed by atoms with Crippen molar-refractivity contribution in [2.24, 2.45) is 10.9 Å². The lowest BCUT2D eigenvalue weighted by atomic mass is 9.79. The lowest BCUT2D eigenvalue weighted by Crippen LogP contribution is -2.60. The van der Waals surface area contributed by atoms with E-state index in [1.165, 1.54) is 26.4 Å². The van der Waals surface area contributed by atoms with E-state index in [2.05, 4.69) is 38.4 Å². The standard InChI is InChI=1S/C28H26F2N6O2/c1-20(2)27(37,18-36-19-33-34-35-36)28(29,30)26-14-11-23(16-32-26)6-3-21-9-12-25(13-10-21)38-17-24-7-4-22(15-31)5-8-24/h4-5,7-13,16,19-20,26,37H,14,17-18H2,1-2H3. The van der Waals surface area contributed by atoms with Crippen LogP contribution in [-0.2, 0) is 13.2 Å². The number of halogens is 2. The SMILES string of the molecule is CC(C)C(O)(Cn1cnnn1)C(F)(F)C1CC=C(C#Cc2ccc(OCc3ccc(C#N)cc3)cc2)C=N1. The van der Waals surface area contributed by atoms with E-state index in [0.717, 1.165) is 15.8 Å². The Balaban J connectivity index is 1.36. The van der Waals surface area contributed by atoms with E-state index >= 15 is 8.78 Å². The summed E-state index contributed by atoms with van der Waals surface area (Å²) in [4.78, 5) is 4.05. The maximum Gasteiger partial charge on any atom is 0.300 e. The quantitative estimate of drug-likeness (QED) is 0.454. The number of hydrogen-bond donors (Lipinski definition) is 1. The van der Waals surface area contributed by atoms with Gasteiger partial charge in [0.2, 0.25) is 0 Å². The molecule has 1 aliphatic heterocycles. The van der Waals surface area contributed by atoms with E-state index in [0.29, 0.717) is 23.5 Å². The zero-order valence-electron chi connectivity index (χ0n) is 20.9. The van der Waals surface area contributed by atoms with Crippen LogP contribution in [0.15, 0.2) is 71.5 Å². The first kappa shape index (κ1) is 26.6. The fourth-order valence-corrected chi connectivity index (χ4v) is 3.93. The number of allylic oxidation sites excluding steroid dienone is 1. The van der Waals surface area contributed by atoms with E-state index < -0.39 is 30.0 Å². The molecule has 2 heterocycles. The van der Waals surface area contributed by atoms with Gasteiger partial charge in [-0.05, 0) is 64.7 Å². The van der Waals surface area contributed by atoms with E-state index in [4.69, 9.17) is 10.00 Å². The average molecular weight is 517 g/mol. The minimum atomic E-state index is -3.54. The summed E-state index contributed by atoms with van der Waals surface area (Å²) in [7, 11) is 0. The molecule has 2 aromatic carbocycles. The minimum absolute atomic E-state index is 0.0692. The van der Waals surface area contributed by atoms with Gasteiger partial charge in [0.1, 0.15) is 24.7 Å². The van der Waals surface area contributed by atoms with Crippen LogP contribution in [0.5, 0.6) is 5.75 Å². The van der Waals surface area contributed by atoms with Crippen LogP contribution in [0.2, 0.25) is 0 Å². The number of rotatable bonds is 8. The summed E-state index contributed by atoms with van der Waals surface area (Å²) >= 11 is 0. The number of hydrogen-bond acceptors (Lipinski definition) is 7. The fourth-order valence-electron chi connectivity index (χ4n) is 3.93. The number of alkyl halides is 2. The third kappa shape index (κ3) is 5.93. The molecule has 4 rings (SSSR count). The first-order valence-corrected chi connectivity index (χ1v) is 12.0. The van der Waals surface area contributed by atoms with E-state index in [1.54, 1.807) is 42.5 Å². The van der Waals surface area contributed by atoms with Crippen LogP contribution in [0, 0.1) is 29.1 Å². The first-order chi connectivity index (χ1) is 18.2. The summed E-state index contributed by atoms with van der Waals surface area (Å²) in [6.07, 6.45) is 4.04. The zero-order valence-corrected chi connectivity index (χ0v) is 20.9. The van der Waals surface area contributed by atoms with E-state index in [9.17, 15) is 5.11 Å². The summed E-state index contributed by atoms with van der Waals surface area (Å²) in [5.41, 5.74) is 0.394. The van der Waals surface area contributed by atoms with Crippen molar-refractivity contribution >= 4 is 6.21 Å². The Labute approximate surface area is 219 Å². The van der Waals surface area contributed by atoms with Gasteiger partial charge in [0.15, 0.2) is 5.60 Å². The van der Waals surface area contributed by atoms with Gasteiger partial charge < -0.3 is 9.84 Å². The Morgan fingerprint density at radius 1 is 1.11 bits per heavy atom. The minimum Gasteiger partial charge on any atom is -0.489 e. The molecule has 3 aromatic rings. The second-order valence-electron chi connectivity index (χ2n) is 9.27. The number of aliphatic imine (C=N–C) groups is 1. The highest BCUT2D eigenvalue weighted by Gasteiger charge is 2.59. The van der Waals surface area contributed by atoms with Gasteiger partial charge in [-0.1, -0.05) is 43.9 Å². The second kappa shape index (κ2) is 11.3. The zero-order chi connectivity index (χ0) is 27.2. The van der Waals surface area contributed by atoms with Gasteiger partial charge in [0.05, 0.1) is 18.2 Å². The third-order valence-corrected chi connectivity index (χ3v) is 6.39. The van der Waals surface area contributed by atoms with Crippen LogP contribution in [0.1, 0.15) is 37.0 Å². The van der Waals surface area contributed by atoms with Gasteiger partial charge in [-0.3, -0.25) is 4.99 Å². The summed E-state index contributed by atoms with van der Waals surface area (Å²) in [6.45, 7) is 2.97. The number of nitriles is 1. The van der Waals surface area contributed by atoms with E-state index in [-0.39, 0.29) is 6.42 Å². The molecule has 194 valence electrons. The fraction of sp³-hybridized carbons (Fsp3) is 0.321. The molecule has 1 aromatic heterocycles. The second-order valence-corrected chi connectivity index (χ2v) is 9.27. The Morgan fingerprint density at radius 3 is 2.39 bits per heavy atom. The Kier molecular flexibility index (Phi) is 7.94. The van der Waals surface area contributed by atoms with Crippen molar-refractivity contribution in [3.8, 4) is 23.7 Å². The number of nitrogens with zero attached hydrogens (tertiary/aromatic N) is 6. The van der Waals surface area contributed by atoms with Gasteiger partial charge in [0, 0.05) is 17.4 Å². The van der Waals surface area contributed by atoms with Crippen molar-refractivity contribution in [1.29, 1.82) is 5.26 Å². The third-order valence-electron chi connectivity index (χ3n) is 6.39. The smallest absolute Gasteiger partial charge is 0.300 e. The summed E-state index contributed by atoms with van der Waals surface area (Å²) in [5.74, 6) is 2.31. The van der Waals surface area contributed by atoms with Crippen LogP contribution in [0.3, 0.4) is 0 Å². The molecule has 1 N–H and O–H groups in total. The molecule has 0 saturated carbocycles. The molecule has 1 aliphatic rings. The Bertz CT molecular complexity index is 1400. The molecule has 8 nitrogen and oxygen atoms in total. The van der Waals surface area contributed by atoms with Crippen LogP contribution in [0.4, 0.5) is 8.78 Å². The van der Waals surface area contributed by atoms with Gasteiger partial charge >= 0.3 is 0 Å². The highest BCUT2D eigenvalue weighted by Crippen LogP contribution is 2.42. The molecule has 0 fully saturated rings. The highest BCUT2D eigenvalue weighted by atomic mass is 19.3. The van der Waals surface area contributed by atoms with Crippen molar-refractivity contribution in [2.45, 2.75) is 51.0 Å². The molecule has 0 aliphatic carbocycles. The first-order valence-electron chi connectivity index (χ1n) is 12.0. The van der Waals surface area contributed by atoms with Gasteiger partial charge in [-0.2, -0.15) is 5.26 Å². The summed E-state index contributed by atoms with van der Waals surface area (Å²) in [6, 6.07) is 15.0. The monoisotopic (exact) mass is 516 g/mol. The largest absolute Gasteiger partial charge is 0.489 e. The molecule has 2 atom stereocenters. The maximum atomic E-state index is 15.5. The van der Waals surface area contributed by atoms with Crippen LogP contribution < -0.4 is 4.74 Å². The molecule has 0 bridgehead atoms. The van der Waals surface area contributed by atoms with Gasteiger partial charge in [-0.15, -0.1) is 5.10 Å².